The molecule has 0 amide bonds. The number of benzene rings is 1. The Hall–Kier alpha value is -1.06. The predicted octanol–water partition coefficient (Wildman–Crippen LogP) is 1.75. The van der Waals surface area contributed by atoms with Crippen LogP contribution in [0.1, 0.15) is 17.5 Å². The lowest BCUT2D eigenvalue weighted by atomic mass is 10.1. The lowest BCUT2D eigenvalue weighted by Crippen LogP contribution is -2.26. The first-order chi connectivity index (χ1) is 8.79. The Morgan fingerprint density at radius 1 is 1.44 bits per heavy atom. The van der Waals surface area contributed by atoms with Gasteiger partial charge in [-0.05, 0) is 63.5 Å². The molecule has 1 aliphatic heterocycles. The minimum Gasteiger partial charge on any atom is -0.496 e. The molecule has 3 heteroatoms. The van der Waals surface area contributed by atoms with E-state index in [9.17, 15) is 0 Å². The van der Waals surface area contributed by atoms with E-state index in [4.69, 9.17) is 4.74 Å². The highest BCUT2D eigenvalue weighted by Crippen LogP contribution is 2.19. The largest absolute Gasteiger partial charge is 0.496 e. The summed E-state index contributed by atoms with van der Waals surface area (Å²) in [6, 6.07) is 6.38. The maximum atomic E-state index is 5.39. The Morgan fingerprint density at radius 2 is 2.33 bits per heavy atom. The maximum absolute atomic E-state index is 5.39. The van der Waals surface area contributed by atoms with Crippen molar-refractivity contribution in [2.45, 2.75) is 19.8 Å². The third-order valence-electron chi connectivity index (χ3n) is 3.60. The minimum atomic E-state index is 0.810. The Balaban J connectivity index is 1.76. The number of nitrogens with one attached hydrogen (secondary N) is 2. The van der Waals surface area contributed by atoms with Crippen molar-refractivity contribution in [2.24, 2.45) is 5.92 Å². The maximum Gasteiger partial charge on any atom is 0.122 e. The molecule has 1 saturated heterocycles. The van der Waals surface area contributed by atoms with Gasteiger partial charge in [-0.15, -0.1) is 0 Å². The van der Waals surface area contributed by atoms with E-state index in [1.54, 1.807) is 7.11 Å². The van der Waals surface area contributed by atoms with Gasteiger partial charge in [0.2, 0.25) is 0 Å². The summed E-state index contributed by atoms with van der Waals surface area (Å²) in [6.07, 6.45) is 2.34. The first kappa shape index (κ1) is 13.4. The first-order valence-electron chi connectivity index (χ1n) is 6.84. The second-order valence-corrected chi connectivity index (χ2v) is 5.13. The molecule has 2 N–H and O–H groups in total. The third kappa shape index (κ3) is 3.72. The van der Waals surface area contributed by atoms with Gasteiger partial charge in [0, 0.05) is 0 Å². The van der Waals surface area contributed by atoms with E-state index in [0.717, 1.165) is 31.2 Å². The van der Waals surface area contributed by atoms with Crippen molar-refractivity contribution in [3.63, 3.8) is 0 Å². The Bertz CT molecular complexity index is 373. The van der Waals surface area contributed by atoms with Gasteiger partial charge >= 0.3 is 0 Å². The topological polar surface area (TPSA) is 33.3 Å². The van der Waals surface area contributed by atoms with Crippen LogP contribution < -0.4 is 15.4 Å². The van der Waals surface area contributed by atoms with Gasteiger partial charge in [0.05, 0.1) is 7.11 Å². The van der Waals surface area contributed by atoms with Crippen LogP contribution in [0.4, 0.5) is 0 Å². The van der Waals surface area contributed by atoms with E-state index in [0.29, 0.717) is 0 Å². The van der Waals surface area contributed by atoms with Gasteiger partial charge < -0.3 is 15.4 Å². The lowest BCUT2D eigenvalue weighted by molar-refractivity contribution is 0.408. The van der Waals surface area contributed by atoms with E-state index < -0.39 is 0 Å². The van der Waals surface area contributed by atoms with E-state index in [2.05, 4.69) is 35.8 Å². The number of aryl methyl sites for hydroxylation is 1. The third-order valence-corrected chi connectivity index (χ3v) is 3.60. The molecule has 1 atom stereocenters. The molecule has 1 unspecified atom stereocenters. The van der Waals surface area contributed by atoms with Crippen LogP contribution in [-0.2, 0) is 6.42 Å². The molecule has 0 radical (unpaired) electrons. The van der Waals surface area contributed by atoms with E-state index in [1.807, 2.05) is 0 Å². The number of ether oxygens (including phenoxy) is 1. The van der Waals surface area contributed by atoms with Crippen LogP contribution in [0.25, 0.3) is 0 Å². The highest BCUT2D eigenvalue weighted by Gasteiger charge is 2.13. The summed E-state index contributed by atoms with van der Waals surface area (Å²) in [7, 11) is 1.74. The summed E-state index contributed by atoms with van der Waals surface area (Å²) in [5, 5.41) is 6.95. The average Bonchev–Trinajstić information content (AvgIpc) is 2.88. The van der Waals surface area contributed by atoms with E-state index in [-0.39, 0.29) is 0 Å². The number of hydrogen-bond donors (Lipinski definition) is 2. The zero-order valence-electron chi connectivity index (χ0n) is 11.5. The average molecular weight is 248 g/mol. The van der Waals surface area contributed by atoms with Gasteiger partial charge in [-0.25, -0.2) is 0 Å². The van der Waals surface area contributed by atoms with E-state index in [1.165, 1.54) is 30.6 Å². The van der Waals surface area contributed by atoms with Gasteiger partial charge in [-0.3, -0.25) is 0 Å². The molecule has 1 aromatic rings. The molecule has 2 rings (SSSR count). The lowest BCUT2D eigenvalue weighted by Gasteiger charge is -2.12. The van der Waals surface area contributed by atoms with Crippen LogP contribution in [0.5, 0.6) is 5.75 Å². The van der Waals surface area contributed by atoms with Gasteiger partial charge in [0.15, 0.2) is 0 Å². The molecular weight excluding hydrogens is 224 g/mol. The molecule has 0 aromatic heterocycles. The molecule has 18 heavy (non-hydrogen) atoms. The standard InChI is InChI=1S/C15H24N2O/c1-12-3-4-15(18-2)14(9-12)6-8-17-11-13-5-7-16-10-13/h3-4,9,13,16-17H,5-8,10-11H2,1-2H3. The number of rotatable bonds is 6. The summed E-state index contributed by atoms with van der Waals surface area (Å²) < 4.78 is 5.39. The fourth-order valence-electron chi connectivity index (χ4n) is 2.52. The van der Waals surface area contributed by atoms with Gasteiger partial charge in [0.25, 0.3) is 0 Å². The van der Waals surface area contributed by atoms with Gasteiger partial charge in [-0.2, -0.15) is 0 Å². The second kappa shape index (κ2) is 6.76. The Morgan fingerprint density at radius 3 is 3.06 bits per heavy atom. The molecule has 1 aliphatic rings. The quantitative estimate of drug-likeness (QED) is 0.752. The fourth-order valence-corrected chi connectivity index (χ4v) is 2.52. The molecule has 0 aliphatic carbocycles. The first-order valence-corrected chi connectivity index (χ1v) is 6.84. The smallest absolute Gasteiger partial charge is 0.122 e. The molecule has 0 saturated carbocycles. The molecule has 100 valence electrons. The molecule has 1 aromatic carbocycles. The Labute approximate surface area is 110 Å². The van der Waals surface area contributed by atoms with Crippen molar-refractivity contribution in [1.29, 1.82) is 0 Å². The van der Waals surface area contributed by atoms with Crippen molar-refractivity contribution in [3.05, 3.63) is 29.3 Å². The molecular formula is C15H24N2O. The van der Waals surface area contributed by atoms with Crippen LogP contribution >= 0.6 is 0 Å². The summed E-state index contributed by atoms with van der Waals surface area (Å²) in [6.45, 7) is 6.62. The molecule has 0 spiro atoms. The molecule has 0 bridgehead atoms. The summed E-state index contributed by atoms with van der Waals surface area (Å²) in [4.78, 5) is 0. The molecule has 3 nitrogen and oxygen atoms in total. The van der Waals surface area contributed by atoms with Crippen LogP contribution in [0.3, 0.4) is 0 Å². The zero-order chi connectivity index (χ0) is 12.8. The number of hydrogen-bond acceptors (Lipinski definition) is 3. The van der Waals surface area contributed by atoms with Crippen molar-refractivity contribution in [1.82, 2.24) is 10.6 Å². The Kier molecular flexibility index (Phi) is 5.02. The predicted molar refractivity (Wildman–Crippen MR) is 75.3 cm³/mol. The SMILES string of the molecule is COc1ccc(C)cc1CCNCC1CCNC1. The molecule has 1 fully saturated rings. The van der Waals surface area contributed by atoms with E-state index >= 15 is 0 Å². The summed E-state index contributed by atoms with van der Waals surface area (Å²) in [5.74, 6) is 1.81. The fraction of sp³-hybridized carbons (Fsp3) is 0.600. The highest BCUT2D eigenvalue weighted by atomic mass is 16.5. The normalized spacial score (nSPS) is 19.1. The van der Waals surface area contributed by atoms with Crippen LogP contribution in [0.15, 0.2) is 18.2 Å². The molecule has 1 heterocycles. The second-order valence-electron chi connectivity index (χ2n) is 5.13. The van der Waals surface area contributed by atoms with Crippen LogP contribution in [0, 0.1) is 12.8 Å². The minimum absolute atomic E-state index is 0.810. The van der Waals surface area contributed by atoms with Crippen molar-refractivity contribution < 1.29 is 4.74 Å². The van der Waals surface area contributed by atoms with Crippen molar-refractivity contribution >= 4 is 0 Å². The van der Waals surface area contributed by atoms with Crippen LogP contribution in [-0.4, -0.2) is 33.3 Å². The van der Waals surface area contributed by atoms with Crippen molar-refractivity contribution in [3.8, 4) is 5.75 Å². The highest BCUT2D eigenvalue weighted by molar-refractivity contribution is 5.37. The van der Waals surface area contributed by atoms with Gasteiger partial charge in [-0.1, -0.05) is 17.7 Å². The van der Waals surface area contributed by atoms with Crippen LogP contribution in [0.2, 0.25) is 0 Å². The van der Waals surface area contributed by atoms with Crippen molar-refractivity contribution in [2.75, 3.05) is 33.3 Å². The van der Waals surface area contributed by atoms with Gasteiger partial charge in [0.1, 0.15) is 5.75 Å². The number of methoxy groups -OCH3 is 1. The zero-order valence-corrected chi connectivity index (χ0v) is 11.5. The summed E-state index contributed by atoms with van der Waals surface area (Å²) in [5.41, 5.74) is 2.60. The monoisotopic (exact) mass is 248 g/mol. The summed E-state index contributed by atoms with van der Waals surface area (Å²) >= 11 is 0.